The minimum atomic E-state index is 0.513. The van der Waals surface area contributed by atoms with Gasteiger partial charge in [0.1, 0.15) is 5.69 Å². The molecule has 0 saturated carbocycles. The molecule has 108 valence electrons. The van der Waals surface area contributed by atoms with Crippen LogP contribution < -0.4 is 0 Å². The van der Waals surface area contributed by atoms with Gasteiger partial charge in [0.2, 0.25) is 0 Å². The molecule has 0 radical (unpaired) electrons. The molecule has 1 heterocycles. The summed E-state index contributed by atoms with van der Waals surface area (Å²) in [5.41, 5.74) is 3.87. The number of benzene rings is 2. The van der Waals surface area contributed by atoms with Crippen molar-refractivity contribution in [3.63, 3.8) is 0 Å². The van der Waals surface area contributed by atoms with E-state index >= 15 is 0 Å². The lowest BCUT2D eigenvalue weighted by molar-refractivity contribution is -0.414. The van der Waals surface area contributed by atoms with Crippen molar-refractivity contribution in [2.24, 2.45) is 10.9 Å². The van der Waals surface area contributed by atoms with E-state index < -0.39 is 0 Å². The molecule has 0 atom stereocenters. The fourth-order valence-corrected chi connectivity index (χ4v) is 2.68. The summed E-state index contributed by atoms with van der Waals surface area (Å²) in [6, 6.07) is 13.4. The zero-order chi connectivity index (χ0) is 15.0. The number of hydrogen-bond acceptors (Lipinski definition) is 1. The maximum Gasteiger partial charge on any atom is 0.287 e. The molecule has 1 aliphatic heterocycles. The van der Waals surface area contributed by atoms with Gasteiger partial charge in [0.25, 0.3) is 6.34 Å². The summed E-state index contributed by atoms with van der Waals surface area (Å²) >= 11 is 0. The van der Waals surface area contributed by atoms with E-state index in [-0.39, 0.29) is 0 Å². The second kappa shape index (κ2) is 5.44. The van der Waals surface area contributed by atoms with Crippen molar-refractivity contribution in [1.29, 1.82) is 0 Å². The number of fused-ring (bicyclic) bond motifs is 1. The minimum Gasteiger partial charge on any atom is -0.223 e. The molecule has 2 heteroatoms. The Morgan fingerprint density at radius 2 is 1.67 bits per heavy atom. The van der Waals surface area contributed by atoms with E-state index in [4.69, 9.17) is 0 Å². The first-order valence-electron chi connectivity index (χ1n) is 7.75. The van der Waals surface area contributed by atoms with Crippen LogP contribution in [0.4, 0.5) is 5.69 Å². The summed E-state index contributed by atoms with van der Waals surface area (Å²) in [4.78, 5) is 4.54. The largest absolute Gasteiger partial charge is 0.287 e. The highest BCUT2D eigenvalue weighted by Crippen LogP contribution is 2.26. The molecule has 2 aromatic carbocycles. The van der Waals surface area contributed by atoms with Crippen LogP contribution in [-0.2, 0) is 0 Å². The molecule has 0 saturated heterocycles. The highest BCUT2D eigenvalue weighted by molar-refractivity contribution is 5.95. The summed E-state index contributed by atoms with van der Waals surface area (Å²) in [5.74, 6) is 1.08. The van der Waals surface area contributed by atoms with Crippen molar-refractivity contribution in [1.82, 2.24) is 0 Å². The van der Waals surface area contributed by atoms with Crippen molar-refractivity contribution in [3.05, 3.63) is 42.0 Å². The lowest BCUT2D eigenvalue weighted by Gasteiger charge is -2.08. The third-order valence-corrected chi connectivity index (χ3v) is 4.21. The average molecular weight is 279 g/mol. The summed E-state index contributed by atoms with van der Waals surface area (Å²) in [6.07, 6.45) is 1.96. The molecular formula is C19H23N2+. The first-order valence-corrected chi connectivity index (χ1v) is 7.75. The Morgan fingerprint density at radius 3 is 2.33 bits per heavy atom. The maximum atomic E-state index is 4.54. The van der Waals surface area contributed by atoms with Gasteiger partial charge in [-0.3, -0.25) is 0 Å². The maximum absolute atomic E-state index is 4.54. The smallest absolute Gasteiger partial charge is 0.223 e. The normalized spacial score (nSPS) is 15.0. The second-order valence-electron chi connectivity index (χ2n) is 6.46. The van der Waals surface area contributed by atoms with Crippen LogP contribution in [-0.4, -0.2) is 23.2 Å². The molecule has 2 nitrogen and oxygen atoms in total. The monoisotopic (exact) mass is 279 g/mol. The second-order valence-corrected chi connectivity index (χ2v) is 6.46. The van der Waals surface area contributed by atoms with Gasteiger partial charge in [-0.1, -0.05) is 57.0 Å². The van der Waals surface area contributed by atoms with Crippen LogP contribution in [0.5, 0.6) is 0 Å². The third kappa shape index (κ3) is 2.76. The van der Waals surface area contributed by atoms with Gasteiger partial charge in [-0.2, -0.15) is 0 Å². The molecule has 0 fully saturated rings. The summed E-state index contributed by atoms with van der Waals surface area (Å²) in [5, 5.41) is 2.61. The van der Waals surface area contributed by atoms with E-state index in [1.165, 1.54) is 27.7 Å². The van der Waals surface area contributed by atoms with Gasteiger partial charge in [0, 0.05) is 5.92 Å². The summed E-state index contributed by atoms with van der Waals surface area (Å²) in [7, 11) is 0. The van der Waals surface area contributed by atoms with Gasteiger partial charge < -0.3 is 0 Å². The van der Waals surface area contributed by atoms with Crippen molar-refractivity contribution in [3.8, 4) is 0 Å². The van der Waals surface area contributed by atoms with Gasteiger partial charge in [-0.15, -0.1) is 0 Å². The lowest BCUT2D eigenvalue weighted by atomic mass is 9.99. The molecule has 21 heavy (non-hydrogen) atoms. The molecule has 3 rings (SSSR count). The molecule has 0 aliphatic carbocycles. The topological polar surface area (TPSA) is 15.4 Å². The number of hydrogen-bond donors (Lipinski definition) is 0. The van der Waals surface area contributed by atoms with E-state index in [0.29, 0.717) is 11.8 Å². The number of aliphatic imine (C=N–C) groups is 1. The molecule has 2 aromatic rings. The van der Waals surface area contributed by atoms with E-state index in [0.717, 1.165) is 6.54 Å². The van der Waals surface area contributed by atoms with Gasteiger partial charge in [-0.25, -0.2) is 4.58 Å². The first-order chi connectivity index (χ1) is 10.0. The van der Waals surface area contributed by atoms with Gasteiger partial charge in [0.05, 0.1) is 0 Å². The van der Waals surface area contributed by atoms with Crippen LogP contribution >= 0.6 is 0 Å². The molecular weight excluding hydrogens is 256 g/mol. The van der Waals surface area contributed by atoms with E-state index in [1.807, 2.05) is 6.34 Å². The Hall–Kier alpha value is -1.96. The number of rotatable bonds is 3. The standard InChI is InChI=1S/C19H23N2/c1-13(2)16-6-5-15-7-8-18(10-17(15)9-16)21-11-19(14(3)4)20-12-21/h5-10,12-14H,11H2,1-4H3/q+1. The predicted octanol–water partition coefficient (Wildman–Crippen LogP) is 4.75. The molecule has 0 spiro atoms. The van der Waals surface area contributed by atoms with Crippen LogP contribution in [0.15, 0.2) is 41.4 Å². The SMILES string of the molecule is CC(C)C1=NC=[N+](c2ccc3ccc(C(C)C)cc3c2)C1. The zero-order valence-corrected chi connectivity index (χ0v) is 13.3. The van der Waals surface area contributed by atoms with Gasteiger partial charge in [0.15, 0.2) is 12.3 Å². The summed E-state index contributed by atoms with van der Waals surface area (Å²) < 4.78 is 2.23. The van der Waals surface area contributed by atoms with Crippen LogP contribution in [0.2, 0.25) is 0 Å². The molecule has 0 amide bonds. The van der Waals surface area contributed by atoms with Crippen LogP contribution in [0.3, 0.4) is 0 Å². The van der Waals surface area contributed by atoms with E-state index in [2.05, 4.69) is 73.7 Å². The summed E-state index contributed by atoms with van der Waals surface area (Å²) in [6.45, 7) is 9.79. The Kier molecular flexibility index (Phi) is 3.62. The average Bonchev–Trinajstić information content (AvgIpc) is 2.96. The number of nitrogens with zero attached hydrogens (tertiary/aromatic N) is 2. The van der Waals surface area contributed by atoms with E-state index in [1.54, 1.807) is 0 Å². The lowest BCUT2D eigenvalue weighted by Crippen LogP contribution is -2.15. The van der Waals surface area contributed by atoms with Crippen LogP contribution in [0.1, 0.15) is 39.2 Å². The van der Waals surface area contributed by atoms with Crippen LogP contribution in [0, 0.1) is 5.92 Å². The third-order valence-electron chi connectivity index (χ3n) is 4.21. The Bertz CT molecular complexity index is 736. The quantitative estimate of drug-likeness (QED) is 0.721. The predicted molar refractivity (Wildman–Crippen MR) is 91.2 cm³/mol. The zero-order valence-electron chi connectivity index (χ0n) is 13.3. The Labute approximate surface area is 126 Å². The highest BCUT2D eigenvalue weighted by atomic mass is 15.1. The van der Waals surface area contributed by atoms with Gasteiger partial charge >= 0.3 is 0 Å². The van der Waals surface area contributed by atoms with Gasteiger partial charge in [-0.05, 0) is 34.4 Å². The molecule has 1 aliphatic rings. The van der Waals surface area contributed by atoms with Crippen molar-refractivity contribution < 1.29 is 4.58 Å². The fourth-order valence-electron chi connectivity index (χ4n) is 2.68. The first kappa shape index (κ1) is 14.0. The molecule has 0 aromatic heterocycles. The molecule has 0 N–H and O–H groups in total. The Balaban J connectivity index is 1.95. The van der Waals surface area contributed by atoms with Crippen molar-refractivity contribution in [2.45, 2.75) is 33.6 Å². The fraction of sp³-hybridized carbons (Fsp3) is 0.368. The van der Waals surface area contributed by atoms with Crippen LogP contribution in [0.25, 0.3) is 10.8 Å². The Morgan fingerprint density at radius 1 is 0.905 bits per heavy atom. The van der Waals surface area contributed by atoms with Crippen molar-refractivity contribution in [2.75, 3.05) is 6.54 Å². The molecule has 0 bridgehead atoms. The minimum absolute atomic E-state index is 0.513. The highest BCUT2D eigenvalue weighted by Gasteiger charge is 2.22. The van der Waals surface area contributed by atoms with E-state index in [9.17, 15) is 0 Å². The van der Waals surface area contributed by atoms with Crippen molar-refractivity contribution >= 4 is 28.5 Å². The molecule has 0 unspecified atom stereocenters.